The molecule has 0 fully saturated rings. The number of carbonyl (C=O) groups excluding carboxylic acids is 2. The average Bonchev–Trinajstić information content (AvgIpc) is 2.21. The van der Waals surface area contributed by atoms with E-state index in [0.717, 1.165) is 0 Å². The van der Waals surface area contributed by atoms with Crippen LogP contribution in [0.5, 0.6) is 0 Å². The number of carbonyl (C=O) groups is 2. The minimum Gasteiger partial charge on any atom is -0.468 e. The third kappa shape index (κ3) is 5.21. The summed E-state index contributed by atoms with van der Waals surface area (Å²) >= 11 is 0. The maximum Gasteiger partial charge on any atom is 0.323 e. The Bertz CT molecular complexity index is 297. The van der Waals surface area contributed by atoms with Crippen LogP contribution in [0.15, 0.2) is 0 Å². The summed E-state index contributed by atoms with van der Waals surface area (Å²) in [4.78, 5) is 24.5. The van der Waals surface area contributed by atoms with Gasteiger partial charge in [-0.1, -0.05) is 41.5 Å². The Balaban J connectivity index is 5.73. The molecule has 0 aliphatic carbocycles. The van der Waals surface area contributed by atoms with Crippen LogP contribution in [0, 0.1) is 16.2 Å². The molecule has 4 heteroatoms. The predicted octanol–water partition coefficient (Wildman–Crippen LogP) is 3.19. The van der Waals surface area contributed by atoms with Gasteiger partial charge in [0.05, 0.1) is 14.2 Å². The van der Waals surface area contributed by atoms with Gasteiger partial charge >= 0.3 is 11.9 Å². The normalized spacial score (nSPS) is 13.1. The summed E-state index contributed by atoms with van der Waals surface area (Å²) in [7, 11) is 2.62. The molecule has 0 spiro atoms. The molecule has 112 valence electrons. The number of methoxy groups -OCH3 is 2. The molecular weight excluding hydrogens is 244 g/mol. The van der Waals surface area contributed by atoms with E-state index < -0.39 is 17.4 Å². The second-order valence-corrected chi connectivity index (χ2v) is 7.54. The SMILES string of the molecule is COC(=O)C(CC(C)(C)C)(CC(C)(C)C)C(=O)OC. The molecule has 0 aromatic rings. The minimum absolute atomic E-state index is 0.187. The zero-order valence-corrected chi connectivity index (χ0v) is 13.5. The van der Waals surface area contributed by atoms with Gasteiger partial charge in [0.25, 0.3) is 0 Å². The van der Waals surface area contributed by atoms with E-state index in [0.29, 0.717) is 12.8 Å². The monoisotopic (exact) mass is 272 g/mol. The Morgan fingerprint density at radius 2 is 1.00 bits per heavy atom. The van der Waals surface area contributed by atoms with Crippen LogP contribution in [-0.2, 0) is 19.1 Å². The van der Waals surface area contributed by atoms with E-state index in [-0.39, 0.29) is 10.8 Å². The highest BCUT2D eigenvalue weighted by atomic mass is 16.5. The number of esters is 2. The Morgan fingerprint density at radius 3 is 1.16 bits per heavy atom. The molecule has 0 amide bonds. The maximum atomic E-state index is 12.3. The van der Waals surface area contributed by atoms with Crippen LogP contribution in [0.4, 0.5) is 0 Å². The molecule has 0 rings (SSSR count). The highest BCUT2D eigenvalue weighted by molar-refractivity contribution is 6.00. The number of hydrogen-bond donors (Lipinski definition) is 0. The summed E-state index contributed by atoms with van der Waals surface area (Å²) in [5.74, 6) is -1.02. The maximum absolute atomic E-state index is 12.3. The van der Waals surface area contributed by atoms with Crippen molar-refractivity contribution in [3.05, 3.63) is 0 Å². The Morgan fingerprint density at radius 1 is 0.737 bits per heavy atom. The molecule has 4 nitrogen and oxygen atoms in total. The van der Waals surface area contributed by atoms with Crippen molar-refractivity contribution in [2.45, 2.75) is 54.4 Å². The summed E-state index contributed by atoms with van der Waals surface area (Å²) in [6, 6.07) is 0. The first-order chi connectivity index (χ1) is 8.38. The molecule has 0 aromatic carbocycles. The number of ether oxygens (including phenoxy) is 2. The Kier molecular flexibility index (Phi) is 5.60. The fraction of sp³-hybridized carbons (Fsp3) is 0.867. The van der Waals surface area contributed by atoms with Crippen LogP contribution >= 0.6 is 0 Å². The van der Waals surface area contributed by atoms with Gasteiger partial charge in [-0.15, -0.1) is 0 Å². The largest absolute Gasteiger partial charge is 0.468 e. The van der Waals surface area contributed by atoms with E-state index in [1.54, 1.807) is 0 Å². The van der Waals surface area contributed by atoms with Gasteiger partial charge in [0.1, 0.15) is 0 Å². The lowest BCUT2D eigenvalue weighted by Gasteiger charge is -2.37. The second kappa shape index (κ2) is 5.93. The molecule has 0 N–H and O–H groups in total. The Labute approximate surface area is 116 Å². The molecule has 0 saturated carbocycles. The molecular formula is C15H28O4. The molecule has 0 aliphatic rings. The van der Waals surface area contributed by atoms with E-state index in [2.05, 4.69) is 0 Å². The van der Waals surface area contributed by atoms with Gasteiger partial charge in [-0.05, 0) is 23.7 Å². The zero-order chi connectivity index (χ0) is 15.5. The lowest BCUT2D eigenvalue weighted by atomic mass is 9.66. The van der Waals surface area contributed by atoms with Crippen LogP contribution in [0.2, 0.25) is 0 Å². The predicted molar refractivity (Wildman–Crippen MR) is 74.6 cm³/mol. The van der Waals surface area contributed by atoms with Crippen LogP contribution < -0.4 is 0 Å². The van der Waals surface area contributed by atoms with Crippen LogP contribution in [0.3, 0.4) is 0 Å². The summed E-state index contributed by atoms with van der Waals surface area (Å²) < 4.78 is 9.78. The Hall–Kier alpha value is -1.06. The summed E-state index contributed by atoms with van der Waals surface area (Å²) in [6.45, 7) is 12.0. The van der Waals surface area contributed by atoms with Crippen molar-refractivity contribution in [3.63, 3.8) is 0 Å². The molecule has 0 aromatic heterocycles. The van der Waals surface area contributed by atoms with Gasteiger partial charge in [0.15, 0.2) is 5.41 Å². The van der Waals surface area contributed by atoms with Gasteiger partial charge in [0, 0.05) is 0 Å². The second-order valence-electron chi connectivity index (χ2n) is 7.54. The van der Waals surface area contributed by atoms with E-state index in [9.17, 15) is 9.59 Å². The van der Waals surface area contributed by atoms with E-state index >= 15 is 0 Å². The summed E-state index contributed by atoms with van der Waals surface area (Å²) in [5.41, 5.74) is -1.61. The van der Waals surface area contributed by atoms with Crippen molar-refractivity contribution < 1.29 is 19.1 Å². The van der Waals surface area contributed by atoms with Crippen LogP contribution in [0.25, 0.3) is 0 Å². The van der Waals surface area contributed by atoms with Crippen LogP contribution in [-0.4, -0.2) is 26.2 Å². The molecule has 0 aliphatic heterocycles. The first-order valence-corrected chi connectivity index (χ1v) is 6.55. The van der Waals surface area contributed by atoms with E-state index in [1.165, 1.54) is 14.2 Å². The lowest BCUT2D eigenvalue weighted by molar-refractivity contribution is -0.174. The molecule has 0 heterocycles. The van der Waals surface area contributed by atoms with E-state index in [1.807, 2.05) is 41.5 Å². The van der Waals surface area contributed by atoms with Gasteiger partial charge < -0.3 is 9.47 Å². The van der Waals surface area contributed by atoms with Crippen molar-refractivity contribution >= 4 is 11.9 Å². The number of hydrogen-bond acceptors (Lipinski definition) is 4. The standard InChI is InChI=1S/C15H28O4/c1-13(2,3)9-15(11(16)18-7,12(17)19-8)10-14(4,5)6/h9-10H2,1-8H3. The molecule has 0 unspecified atom stereocenters. The van der Waals surface area contributed by atoms with Crippen molar-refractivity contribution in [1.82, 2.24) is 0 Å². The smallest absolute Gasteiger partial charge is 0.323 e. The molecule has 0 radical (unpaired) electrons. The fourth-order valence-corrected chi connectivity index (χ4v) is 2.64. The quantitative estimate of drug-likeness (QED) is 0.582. The van der Waals surface area contributed by atoms with Crippen molar-refractivity contribution in [2.75, 3.05) is 14.2 Å². The van der Waals surface area contributed by atoms with Gasteiger partial charge in [-0.3, -0.25) is 9.59 Å². The third-order valence-corrected chi connectivity index (χ3v) is 2.82. The van der Waals surface area contributed by atoms with Gasteiger partial charge in [0.2, 0.25) is 0 Å². The van der Waals surface area contributed by atoms with Crippen molar-refractivity contribution in [2.24, 2.45) is 16.2 Å². The molecule has 19 heavy (non-hydrogen) atoms. The zero-order valence-electron chi connectivity index (χ0n) is 13.5. The molecule has 0 saturated heterocycles. The summed E-state index contributed by atoms with van der Waals surface area (Å²) in [5, 5.41) is 0. The first-order valence-electron chi connectivity index (χ1n) is 6.55. The summed E-state index contributed by atoms with van der Waals surface area (Å²) in [6.07, 6.45) is 0.799. The molecule has 0 bridgehead atoms. The van der Waals surface area contributed by atoms with Gasteiger partial charge in [-0.25, -0.2) is 0 Å². The number of rotatable bonds is 4. The lowest BCUT2D eigenvalue weighted by Crippen LogP contribution is -2.46. The average molecular weight is 272 g/mol. The fourth-order valence-electron chi connectivity index (χ4n) is 2.64. The van der Waals surface area contributed by atoms with E-state index in [4.69, 9.17) is 9.47 Å². The van der Waals surface area contributed by atoms with Crippen LogP contribution in [0.1, 0.15) is 54.4 Å². The topological polar surface area (TPSA) is 52.6 Å². The van der Waals surface area contributed by atoms with Gasteiger partial charge in [-0.2, -0.15) is 0 Å². The van der Waals surface area contributed by atoms with Crippen molar-refractivity contribution in [3.8, 4) is 0 Å². The highest BCUT2D eigenvalue weighted by Crippen LogP contribution is 2.44. The highest BCUT2D eigenvalue weighted by Gasteiger charge is 2.52. The minimum atomic E-state index is -1.24. The molecule has 0 atom stereocenters. The third-order valence-electron chi connectivity index (χ3n) is 2.82. The first kappa shape index (κ1) is 17.9. The van der Waals surface area contributed by atoms with Crippen molar-refractivity contribution in [1.29, 1.82) is 0 Å².